The van der Waals surface area contributed by atoms with E-state index in [4.69, 9.17) is 0 Å². The summed E-state index contributed by atoms with van der Waals surface area (Å²) in [5.41, 5.74) is -2.87. The molecular weight excluding hydrogens is 1040 g/mol. The van der Waals surface area contributed by atoms with E-state index in [9.17, 15) is 52.7 Å². The van der Waals surface area contributed by atoms with Crippen LogP contribution in [-0.4, -0.2) is 5.43 Å². The maximum atomic E-state index is 13.3. The molecule has 0 aliphatic heterocycles. The van der Waals surface area contributed by atoms with Gasteiger partial charge in [-0.25, -0.2) is 0 Å². The Balaban J connectivity index is 0.000000268. The number of allylic oxidation sites excluding steroid dienone is 4. The number of benzene rings is 4. The van der Waals surface area contributed by atoms with Crippen LogP contribution in [0.3, 0.4) is 0 Å². The molecule has 8 rings (SSSR count). The van der Waals surface area contributed by atoms with Crippen molar-refractivity contribution in [3.05, 3.63) is 139 Å². The second-order valence-electron chi connectivity index (χ2n) is 17.4. The third-order valence-electron chi connectivity index (χ3n) is 11.8. The van der Waals surface area contributed by atoms with Crippen molar-refractivity contribution in [2.45, 2.75) is 115 Å². The molecule has 0 radical (unpaired) electrons. The molecule has 0 aromatic heterocycles. The molecule has 2 fully saturated rings. The molecule has 16 heteroatoms. The van der Waals surface area contributed by atoms with Crippen molar-refractivity contribution in [1.29, 1.82) is 0 Å². The van der Waals surface area contributed by atoms with Gasteiger partial charge < -0.3 is 24.8 Å². The van der Waals surface area contributed by atoms with Gasteiger partial charge in [0, 0.05) is 0 Å². The number of hydrogen-bond donors (Lipinski definition) is 0. The van der Waals surface area contributed by atoms with Crippen molar-refractivity contribution in [2.75, 3.05) is 0 Å². The fourth-order valence-corrected chi connectivity index (χ4v) is 8.72. The van der Waals surface area contributed by atoms with Crippen LogP contribution < -0.4 is 45.7 Å². The molecule has 0 amide bonds. The first-order valence-corrected chi connectivity index (χ1v) is 28.2. The Morgan fingerprint density at radius 3 is 1.01 bits per heavy atom. The third-order valence-corrected chi connectivity index (χ3v) is 11.8. The molecule has 0 spiro atoms. The topological polar surface area (TPSA) is 0 Å². The van der Waals surface area contributed by atoms with Crippen LogP contribution in [0.4, 0.5) is 52.7 Å². The Kier molecular flexibility index (Phi) is 20.4. The van der Waals surface area contributed by atoms with E-state index in [1.807, 2.05) is 12.2 Å². The first kappa shape index (κ1) is 57.3. The normalized spacial score (nSPS) is 17.7. The van der Waals surface area contributed by atoms with Gasteiger partial charge >= 0.3 is 66.6 Å². The molecule has 4 aromatic rings. The van der Waals surface area contributed by atoms with E-state index in [0.29, 0.717) is 43.8 Å². The monoisotopic (exact) mass is 1090 g/mol. The van der Waals surface area contributed by atoms with Gasteiger partial charge in [0.05, 0.1) is 22.3 Å². The zero-order valence-electron chi connectivity index (χ0n) is 37.2. The Labute approximate surface area is 416 Å². The summed E-state index contributed by atoms with van der Waals surface area (Å²) in [6.07, 6.45) is 8.85. The second kappa shape index (κ2) is 24.2. The predicted octanol–water partition coefficient (Wildman–Crippen LogP) is 8.27. The van der Waals surface area contributed by atoms with Crippen molar-refractivity contribution in [2.24, 2.45) is 11.8 Å². The van der Waals surface area contributed by atoms with Gasteiger partial charge in [-0.3, -0.25) is 0 Å². The molecule has 4 aliphatic carbocycles. The molecule has 0 heterocycles. The molecular formula is C52H48Cl2F12SiZr-2. The smallest absolute Gasteiger partial charge is 0.416 e. The SMILES string of the molecule is C[Si](C)=[Zr+2].FC(F)(F)c1cc(-c2cccc3c2=CC(=CC2CCCCCC2)[C-]=3)cc(C(F)(F)F)c1.FC(F)(F)c1cc(-c2cccc3c2=CC(=CC2CCCCCC2)[C-]=3)cc(C(F)(F)F)c1.[Cl-].[Cl-]. The minimum absolute atomic E-state index is 0. The maximum Gasteiger partial charge on any atom is 0.416 e. The first-order valence-electron chi connectivity index (χ1n) is 22.0. The Hall–Kier alpha value is -3.32. The van der Waals surface area contributed by atoms with Gasteiger partial charge in [-0.05, 0) is 59.4 Å². The summed E-state index contributed by atoms with van der Waals surface area (Å²) in [6.45, 7) is 4.62. The first-order chi connectivity index (χ1) is 31.0. The van der Waals surface area contributed by atoms with Crippen LogP contribution in [0, 0.1) is 11.8 Å². The third kappa shape index (κ3) is 15.8. The summed E-state index contributed by atoms with van der Waals surface area (Å²) in [5.74, 6) is 0.841. The quantitative estimate of drug-likeness (QED) is 0.0837. The number of hydrogen-bond acceptors (Lipinski definition) is 0. The zero-order valence-corrected chi connectivity index (χ0v) is 42.1. The van der Waals surface area contributed by atoms with E-state index < -0.39 is 47.0 Å². The molecule has 0 saturated heterocycles. The van der Waals surface area contributed by atoms with Gasteiger partial charge in [0.2, 0.25) is 0 Å². The van der Waals surface area contributed by atoms with Crippen LogP contribution in [0.15, 0.2) is 96.1 Å². The van der Waals surface area contributed by atoms with Gasteiger partial charge in [-0.2, -0.15) is 52.7 Å². The predicted molar refractivity (Wildman–Crippen MR) is 234 cm³/mol. The van der Waals surface area contributed by atoms with Crippen LogP contribution in [-0.2, 0) is 48.0 Å². The molecule has 4 aromatic carbocycles. The number of halogens is 14. The van der Waals surface area contributed by atoms with E-state index in [0.717, 1.165) is 86.8 Å². The molecule has 364 valence electrons. The standard InChI is InChI=1S/2C25H21F6.C2H6Si.2ClH.Zr/c2*26-24(27,28)20-13-19(14-21(15-20)25(29,30)31)22-9-5-8-18-11-17(12-23(18)22)10-16-6-3-1-2-4-7-16;1-3-2;;;/h2*5,8-10,12-16H,1-4,6-7H2;1-2H3;2*1H;/q2*-1;;;;+2/p-2. The summed E-state index contributed by atoms with van der Waals surface area (Å²) >= 11 is 1.74. The van der Waals surface area contributed by atoms with Gasteiger partial charge in [0.25, 0.3) is 0 Å². The number of rotatable bonds is 4. The maximum absolute atomic E-state index is 13.3. The van der Waals surface area contributed by atoms with Crippen LogP contribution in [0.2, 0.25) is 13.1 Å². The van der Waals surface area contributed by atoms with E-state index >= 15 is 0 Å². The Morgan fingerprint density at radius 1 is 0.471 bits per heavy atom. The van der Waals surface area contributed by atoms with E-state index in [1.54, 1.807) is 59.7 Å². The van der Waals surface area contributed by atoms with E-state index in [1.165, 1.54) is 25.7 Å². The van der Waals surface area contributed by atoms with Crippen LogP contribution >= 0.6 is 0 Å². The van der Waals surface area contributed by atoms with E-state index in [-0.39, 0.29) is 53.5 Å². The molecule has 0 nitrogen and oxygen atoms in total. The van der Waals surface area contributed by atoms with Crippen molar-refractivity contribution in [3.63, 3.8) is 0 Å². The minimum atomic E-state index is -4.87. The summed E-state index contributed by atoms with van der Waals surface area (Å²) in [4.78, 5) is 0. The fraction of sp³-hybridized carbons (Fsp3) is 0.385. The van der Waals surface area contributed by atoms with Crippen LogP contribution in [0.5, 0.6) is 0 Å². The van der Waals surface area contributed by atoms with Crippen molar-refractivity contribution in [1.82, 2.24) is 0 Å². The number of fused-ring (bicyclic) bond motifs is 2. The number of alkyl halides is 12. The van der Waals surface area contributed by atoms with Gasteiger partial charge in [-0.1, -0.05) is 112 Å². The molecule has 0 unspecified atom stereocenters. The van der Waals surface area contributed by atoms with Gasteiger partial charge in [0.15, 0.2) is 0 Å². The largest absolute Gasteiger partial charge is 1.00 e. The fourth-order valence-electron chi connectivity index (χ4n) is 8.72. The molecule has 2 saturated carbocycles. The summed E-state index contributed by atoms with van der Waals surface area (Å²) < 4.78 is 159. The minimum Gasteiger partial charge on any atom is -1.00 e. The van der Waals surface area contributed by atoms with Gasteiger partial charge in [-0.15, -0.1) is 80.6 Å². The second-order valence-corrected chi connectivity index (χ2v) is 26.8. The molecule has 0 N–H and O–H groups in total. The summed E-state index contributed by atoms with van der Waals surface area (Å²) in [7, 11) is 0. The molecule has 68 heavy (non-hydrogen) atoms. The summed E-state index contributed by atoms with van der Waals surface area (Å²) in [5, 5.41) is 2.58. The molecule has 4 aliphatic rings. The van der Waals surface area contributed by atoms with Crippen molar-refractivity contribution >= 4 is 29.7 Å². The zero-order chi connectivity index (χ0) is 48.0. The molecule has 0 bridgehead atoms. The Bertz CT molecular complexity index is 2460. The van der Waals surface area contributed by atoms with Crippen molar-refractivity contribution < 1.29 is 101 Å². The summed E-state index contributed by atoms with van der Waals surface area (Å²) in [6, 6.07) is 13.4. The molecule has 0 atom stereocenters. The van der Waals surface area contributed by atoms with Crippen LogP contribution in [0.1, 0.15) is 99.3 Å². The van der Waals surface area contributed by atoms with E-state index in [2.05, 4.69) is 37.4 Å². The average Bonchev–Trinajstić information content (AvgIpc) is 3.61. The van der Waals surface area contributed by atoms with Crippen molar-refractivity contribution in [3.8, 4) is 22.3 Å². The Morgan fingerprint density at radius 2 is 0.750 bits per heavy atom. The van der Waals surface area contributed by atoms with Gasteiger partial charge in [0.1, 0.15) is 0 Å². The average molecular weight is 1090 g/mol. The van der Waals surface area contributed by atoms with Crippen LogP contribution in [0.25, 0.3) is 46.6 Å².